The highest BCUT2D eigenvalue weighted by Crippen LogP contribution is 2.44. The number of carbonyl (C=O) groups excluding carboxylic acids is 2. The fourth-order valence-corrected chi connectivity index (χ4v) is 8.58. The highest BCUT2D eigenvalue weighted by Gasteiger charge is 2.45. The van der Waals surface area contributed by atoms with Crippen LogP contribution in [0, 0.1) is 12.7 Å². The summed E-state index contributed by atoms with van der Waals surface area (Å²) in [5, 5.41) is 4.13. The van der Waals surface area contributed by atoms with Gasteiger partial charge in [-0.3, -0.25) is 9.59 Å². The molecule has 4 aromatic rings. The molecule has 2 heterocycles. The lowest BCUT2D eigenvalue weighted by atomic mass is 9.77. The molecule has 0 bridgehead atoms. The van der Waals surface area contributed by atoms with Gasteiger partial charge < -0.3 is 9.80 Å². The maximum atomic E-state index is 13.2. The third-order valence-corrected chi connectivity index (χ3v) is 11.5. The van der Waals surface area contributed by atoms with E-state index in [0.717, 1.165) is 69.9 Å². The van der Waals surface area contributed by atoms with Crippen LogP contribution in [-0.4, -0.2) is 42.3 Å². The van der Waals surface area contributed by atoms with Crippen molar-refractivity contribution in [2.75, 3.05) is 20.6 Å². The van der Waals surface area contributed by atoms with Crippen molar-refractivity contribution in [1.29, 1.82) is 0 Å². The van der Waals surface area contributed by atoms with Crippen molar-refractivity contribution in [3.05, 3.63) is 116 Å². The Labute approximate surface area is 275 Å². The van der Waals surface area contributed by atoms with Crippen LogP contribution in [0.15, 0.2) is 83.6 Å². The molecule has 0 atom stereocenters. The Morgan fingerprint density at radius 1 is 0.689 bits per heavy atom. The lowest BCUT2D eigenvalue weighted by Crippen LogP contribution is -2.44. The van der Waals surface area contributed by atoms with Gasteiger partial charge >= 0.3 is 0 Å². The van der Waals surface area contributed by atoms with Crippen molar-refractivity contribution >= 4 is 34.5 Å². The van der Waals surface area contributed by atoms with Crippen LogP contribution in [-0.2, 0) is 33.4 Å². The van der Waals surface area contributed by atoms with Gasteiger partial charge in [0.15, 0.2) is 0 Å². The minimum Gasteiger partial charge on any atom is -0.345 e. The van der Waals surface area contributed by atoms with Crippen LogP contribution in [0.25, 0.3) is 0 Å². The Morgan fingerprint density at radius 2 is 1.16 bits per heavy atom. The Kier molecular flexibility index (Phi) is 10.9. The monoisotopic (exact) mass is 644 g/mol. The molecule has 2 saturated carbocycles. The summed E-state index contributed by atoms with van der Waals surface area (Å²) in [6.07, 6.45) is 9.03. The molecule has 2 fully saturated rings. The molecule has 0 radical (unpaired) electrons. The largest absolute Gasteiger partial charge is 0.345 e. The van der Waals surface area contributed by atoms with Crippen molar-refractivity contribution in [3.8, 4) is 0 Å². The predicted octanol–water partition coefficient (Wildman–Crippen LogP) is 8.93. The lowest BCUT2D eigenvalue weighted by Gasteiger charge is -2.33. The fraction of sp³-hybridized carbons (Fsp3) is 0.421. The molecule has 0 saturated heterocycles. The van der Waals surface area contributed by atoms with Crippen LogP contribution in [0.4, 0.5) is 4.39 Å². The molecule has 4 nitrogen and oxygen atoms in total. The lowest BCUT2D eigenvalue weighted by molar-refractivity contribution is -0.137. The van der Waals surface area contributed by atoms with Crippen molar-refractivity contribution in [1.82, 2.24) is 9.80 Å². The Balaban J connectivity index is 0.000000178. The predicted molar refractivity (Wildman–Crippen MR) is 184 cm³/mol. The van der Waals surface area contributed by atoms with Crippen LogP contribution in [0.1, 0.15) is 77.8 Å². The van der Waals surface area contributed by atoms with E-state index in [0.29, 0.717) is 12.5 Å². The van der Waals surface area contributed by atoms with Gasteiger partial charge in [0.05, 0.1) is 17.4 Å². The molecule has 238 valence electrons. The van der Waals surface area contributed by atoms with Gasteiger partial charge in [-0.25, -0.2) is 4.39 Å². The van der Waals surface area contributed by atoms with Crippen LogP contribution in [0.3, 0.4) is 0 Å². The van der Waals surface area contributed by atoms with Gasteiger partial charge in [0.25, 0.3) is 0 Å². The summed E-state index contributed by atoms with van der Waals surface area (Å²) in [6, 6.07) is 23.3. The maximum Gasteiger partial charge on any atom is 0.233 e. The van der Waals surface area contributed by atoms with Gasteiger partial charge in [-0.1, -0.05) is 79.8 Å². The molecule has 7 heteroatoms. The molecule has 2 aromatic carbocycles. The number of aryl methyl sites for hydroxylation is 1. The SMILES string of the molecule is CN(Cc1cccs1)C(=O)C1(c2ccc(F)cc2)CCCC1.Cc1ccc(C2(C(=O)N(C)CCc3cccs3)CCCC2)cc1. The van der Waals surface area contributed by atoms with Gasteiger partial charge in [0, 0.05) is 30.4 Å². The van der Waals surface area contributed by atoms with E-state index in [-0.39, 0.29) is 17.1 Å². The van der Waals surface area contributed by atoms with Gasteiger partial charge in [-0.2, -0.15) is 0 Å². The third kappa shape index (κ3) is 7.58. The molecule has 2 aliphatic carbocycles. The summed E-state index contributed by atoms with van der Waals surface area (Å²) in [5.74, 6) is 0.205. The summed E-state index contributed by atoms with van der Waals surface area (Å²) in [7, 11) is 3.83. The van der Waals surface area contributed by atoms with Crippen LogP contribution in [0.2, 0.25) is 0 Å². The highest BCUT2D eigenvalue weighted by molar-refractivity contribution is 7.10. The Morgan fingerprint density at radius 3 is 1.64 bits per heavy atom. The molecule has 2 aliphatic rings. The van der Waals surface area contributed by atoms with Gasteiger partial charge in [-0.05, 0) is 85.2 Å². The number of rotatable bonds is 9. The fourth-order valence-electron chi connectivity index (χ4n) is 7.12. The molecule has 0 N–H and O–H groups in total. The van der Waals surface area contributed by atoms with E-state index >= 15 is 0 Å². The second kappa shape index (κ2) is 14.9. The molecule has 0 aliphatic heterocycles. The summed E-state index contributed by atoms with van der Waals surface area (Å²) < 4.78 is 13.2. The molecule has 2 amide bonds. The molecule has 6 rings (SSSR count). The Hall–Kier alpha value is -3.29. The summed E-state index contributed by atoms with van der Waals surface area (Å²) in [4.78, 5) is 32.7. The zero-order chi connectivity index (χ0) is 31.9. The number of amides is 2. The summed E-state index contributed by atoms with van der Waals surface area (Å²) in [6.45, 7) is 3.53. The number of nitrogens with zero attached hydrogens (tertiary/aromatic N) is 2. The van der Waals surface area contributed by atoms with E-state index in [1.54, 1.807) is 34.8 Å². The zero-order valence-electron chi connectivity index (χ0n) is 26.8. The standard InChI is InChI=1S/C20H25NOS.C18H20FNOS/c1-16-7-9-17(10-8-16)20(12-3-4-13-20)19(22)21(2)14-11-18-6-5-15-23-18;1-20(13-16-5-4-12-22-16)17(21)18(10-2-3-11-18)14-6-8-15(19)9-7-14/h5-10,15H,3-4,11-14H2,1-2H3;4-9,12H,2-3,10-11,13H2,1H3. The number of benzene rings is 2. The molecule has 0 spiro atoms. The quantitative estimate of drug-likeness (QED) is 0.183. The number of hydrogen-bond acceptors (Lipinski definition) is 4. The highest BCUT2D eigenvalue weighted by atomic mass is 32.1. The molecule has 45 heavy (non-hydrogen) atoms. The van der Waals surface area contributed by atoms with E-state index in [2.05, 4.69) is 48.7 Å². The minimum atomic E-state index is -0.473. The number of hydrogen-bond donors (Lipinski definition) is 0. The third-order valence-electron chi connectivity index (χ3n) is 9.67. The van der Waals surface area contributed by atoms with Crippen molar-refractivity contribution in [2.45, 2.75) is 82.1 Å². The smallest absolute Gasteiger partial charge is 0.233 e. The first kappa shape index (κ1) is 33.1. The van der Waals surface area contributed by atoms with E-state index in [4.69, 9.17) is 0 Å². The van der Waals surface area contributed by atoms with Gasteiger partial charge in [0.1, 0.15) is 5.82 Å². The maximum absolute atomic E-state index is 13.2. The molecule has 2 aromatic heterocycles. The van der Waals surface area contributed by atoms with Crippen molar-refractivity contribution in [3.63, 3.8) is 0 Å². The second-order valence-corrected chi connectivity index (χ2v) is 14.8. The summed E-state index contributed by atoms with van der Waals surface area (Å²) in [5.41, 5.74) is 2.64. The first-order chi connectivity index (χ1) is 21.7. The molecule has 0 unspecified atom stereocenters. The van der Waals surface area contributed by atoms with Crippen molar-refractivity contribution < 1.29 is 14.0 Å². The van der Waals surface area contributed by atoms with Crippen LogP contribution in [0.5, 0.6) is 0 Å². The number of likely N-dealkylation sites (N-methyl/N-ethyl adjacent to an activating group) is 2. The van der Waals surface area contributed by atoms with Gasteiger partial charge in [-0.15, -0.1) is 22.7 Å². The zero-order valence-corrected chi connectivity index (χ0v) is 28.4. The minimum absolute atomic E-state index is 0.157. The van der Waals surface area contributed by atoms with Crippen LogP contribution < -0.4 is 0 Å². The number of halogens is 1. The van der Waals surface area contributed by atoms with Crippen LogP contribution >= 0.6 is 22.7 Å². The first-order valence-corrected chi connectivity index (χ1v) is 17.9. The summed E-state index contributed by atoms with van der Waals surface area (Å²) >= 11 is 3.43. The topological polar surface area (TPSA) is 40.6 Å². The average Bonchev–Trinajstić information content (AvgIpc) is 3.89. The second-order valence-electron chi connectivity index (χ2n) is 12.7. The number of carbonyl (C=O) groups is 2. The van der Waals surface area contributed by atoms with E-state index in [1.807, 2.05) is 41.4 Å². The average molecular weight is 645 g/mol. The number of thiophene rings is 2. The normalized spacial score (nSPS) is 16.5. The molecular formula is C38H45FN2O2S2. The Bertz CT molecular complexity index is 1500. The van der Waals surface area contributed by atoms with E-state index < -0.39 is 5.41 Å². The van der Waals surface area contributed by atoms with Crippen molar-refractivity contribution in [2.24, 2.45) is 0 Å². The first-order valence-electron chi connectivity index (χ1n) is 16.1. The molecular weight excluding hydrogens is 600 g/mol. The van der Waals surface area contributed by atoms with Gasteiger partial charge in [0.2, 0.25) is 11.8 Å². The van der Waals surface area contributed by atoms with E-state index in [9.17, 15) is 14.0 Å². The van der Waals surface area contributed by atoms with E-state index in [1.165, 1.54) is 33.0 Å².